The van der Waals surface area contributed by atoms with Crippen LogP contribution in [0.5, 0.6) is 0 Å². The highest BCUT2D eigenvalue weighted by Gasteiger charge is 2.42. The molecule has 0 spiro atoms. The quantitative estimate of drug-likeness (QED) is 0.614. The Balaban J connectivity index is 1.76. The molecule has 1 saturated heterocycles. The van der Waals surface area contributed by atoms with Gasteiger partial charge in [0.25, 0.3) is 0 Å². The summed E-state index contributed by atoms with van der Waals surface area (Å²) in [5.41, 5.74) is 0.357. The van der Waals surface area contributed by atoms with E-state index >= 15 is 0 Å². The number of morpholine rings is 1. The molecule has 2 fully saturated rings. The Morgan fingerprint density at radius 1 is 1.35 bits per heavy atom. The topological polar surface area (TPSA) is 99.5 Å². The molecule has 6 atom stereocenters. The zero-order valence-corrected chi connectivity index (χ0v) is 13.3. The number of aliphatic hydroxyl groups excluding tert-OH is 3. The number of carbonyl (C=O) groups excluding carboxylic acids is 1. The fourth-order valence-electron chi connectivity index (χ4n) is 3.83. The van der Waals surface area contributed by atoms with Crippen molar-refractivity contribution in [2.24, 2.45) is 0 Å². The summed E-state index contributed by atoms with van der Waals surface area (Å²) in [4.78, 5) is 14.6. The molecule has 0 bridgehead atoms. The van der Waals surface area contributed by atoms with E-state index in [1.807, 2.05) is 0 Å². The Bertz CT molecular complexity index is 481. The number of methoxy groups -OCH3 is 1. The van der Waals surface area contributed by atoms with E-state index in [2.05, 4.69) is 0 Å². The van der Waals surface area contributed by atoms with E-state index < -0.39 is 18.3 Å². The number of aliphatic hydroxyl groups is 3. The largest absolute Gasteiger partial charge is 0.390 e. The van der Waals surface area contributed by atoms with E-state index in [4.69, 9.17) is 9.47 Å². The van der Waals surface area contributed by atoms with Crippen molar-refractivity contribution in [1.82, 2.24) is 4.90 Å². The molecule has 2 aliphatic carbocycles. The Labute approximate surface area is 135 Å². The molecular weight excluding hydrogens is 302 g/mol. The molecule has 7 heteroatoms. The predicted octanol–water partition coefficient (Wildman–Crippen LogP) is -0.806. The predicted molar refractivity (Wildman–Crippen MR) is 80.6 cm³/mol. The highest BCUT2D eigenvalue weighted by atomic mass is 16.5. The third kappa shape index (κ3) is 3.29. The summed E-state index contributed by atoms with van der Waals surface area (Å²) in [5.74, 6) is -0.190. The van der Waals surface area contributed by atoms with Gasteiger partial charge in [0.15, 0.2) is 0 Å². The average Bonchev–Trinajstić information content (AvgIpc) is 2.57. The summed E-state index contributed by atoms with van der Waals surface area (Å²) in [5, 5.41) is 29.2. The third-order valence-corrected chi connectivity index (χ3v) is 5.19. The molecule has 0 aromatic rings. The monoisotopic (exact) mass is 327 g/mol. The minimum atomic E-state index is -1.24. The van der Waals surface area contributed by atoms with Crippen molar-refractivity contribution in [3.05, 3.63) is 11.6 Å². The number of amides is 1. The Morgan fingerprint density at radius 2 is 2.13 bits per heavy atom. The maximum absolute atomic E-state index is 12.9. The van der Waals surface area contributed by atoms with Gasteiger partial charge in [-0.15, -0.1) is 0 Å². The first-order valence-corrected chi connectivity index (χ1v) is 8.21. The molecule has 3 aliphatic rings. The second-order valence-electron chi connectivity index (χ2n) is 6.59. The second-order valence-corrected chi connectivity index (χ2v) is 6.59. The van der Waals surface area contributed by atoms with Gasteiger partial charge in [0, 0.05) is 25.6 Å². The van der Waals surface area contributed by atoms with Gasteiger partial charge >= 0.3 is 0 Å². The van der Waals surface area contributed by atoms with Crippen LogP contribution in [-0.4, -0.2) is 82.9 Å². The van der Waals surface area contributed by atoms with E-state index in [1.165, 1.54) is 6.08 Å². The Morgan fingerprint density at radius 3 is 2.83 bits per heavy atom. The summed E-state index contributed by atoms with van der Waals surface area (Å²) in [6.07, 6.45) is 0.485. The highest BCUT2D eigenvalue weighted by molar-refractivity contribution is 5.94. The number of carbonyl (C=O) groups is 1. The Kier molecular flexibility index (Phi) is 5.03. The van der Waals surface area contributed by atoms with E-state index in [0.717, 1.165) is 19.3 Å². The van der Waals surface area contributed by atoms with E-state index in [-0.39, 0.29) is 30.6 Å². The summed E-state index contributed by atoms with van der Waals surface area (Å²) in [7, 11) is 1.68. The van der Waals surface area contributed by atoms with Crippen LogP contribution < -0.4 is 0 Å². The molecule has 1 aliphatic heterocycles. The smallest absolute Gasteiger partial charge is 0.250 e. The second kappa shape index (κ2) is 6.86. The first-order valence-electron chi connectivity index (χ1n) is 8.21. The van der Waals surface area contributed by atoms with Crippen molar-refractivity contribution < 1.29 is 29.6 Å². The minimum absolute atomic E-state index is 0.0173. The SMILES string of the molecule is COC1CCC2OCCN(C(=O)C3=C[C@@H](O)[C@@H](O)[C@H](O)C3)C2C1. The van der Waals surface area contributed by atoms with Crippen LogP contribution in [0.3, 0.4) is 0 Å². The van der Waals surface area contributed by atoms with Gasteiger partial charge in [-0.25, -0.2) is 0 Å². The number of hydrogen-bond donors (Lipinski definition) is 3. The normalized spacial score (nSPS) is 41.2. The molecule has 3 unspecified atom stereocenters. The maximum Gasteiger partial charge on any atom is 0.250 e. The fraction of sp³-hybridized carbons (Fsp3) is 0.812. The first kappa shape index (κ1) is 16.9. The van der Waals surface area contributed by atoms with Gasteiger partial charge in [0.2, 0.25) is 5.91 Å². The van der Waals surface area contributed by atoms with Crippen LogP contribution in [0.1, 0.15) is 25.7 Å². The molecule has 3 rings (SSSR count). The number of hydrogen-bond acceptors (Lipinski definition) is 6. The van der Waals surface area contributed by atoms with Gasteiger partial charge in [-0.3, -0.25) is 4.79 Å². The van der Waals surface area contributed by atoms with Crippen LogP contribution in [0, 0.1) is 0 Å². The number of rotatable bonds is 2. The van der Waals surface area contributed by atoms with Crippen molar-refractivity contribution >= 4 is 5.91 Å². The van der Waals surface area contributed by atoms with E-state index in [9.17, 15) is 20.1 Å². The summed E-state index contributed by atoms with van der Waals surface area (Å²) in [6, 6.07) is -0.0445. The molecule has 3 N–H and O–H groups in total. The van der Waals surface area contributed by atoms with Crippen LogP contribution in [0.15, 0.2) is 11.6 Å². The molecule has 1 heterocycles. The molecule has 0 aromatic heterocycles. The summed E-state index contributed by atoms with van der Waals surface area (Å²) < 4.78 is 11.2. The number of fused-ring (bicyclic) bond motifs is 1. The van der Waals surface area contributed by atoms with E-state index in [0.29, 0.717) is 18.7 Å². The third-order valence-electron chi connectivity index (χ3n) is 5.19. The zero-order valence-electron chi connectivity index (χ0n) is 13.3. The first-order chi connectivity index (χ1) is 11.0. The van der Waals surface area contributed by atoms with Gasteiger partial charge in [-0.1, -0.05) is 0 Å². The number of nitrogens with zero attached hydrogens (tertiary/aromatic N) is 1. The minimum Gasteiger partial charge on any atom is -0.390 e. The molecular formula is C16H25NO6. The maximum atomic E-state index is 12.9. The zero-order chi connectivity index (χ0) is 16.6. The van der Waals surface area contributed by atoms with Gasteiger partial charge < -0.3 is 29.7 Å². The lowest BCUT2D eigenvalue weighted by atomic mass is 9.86. The molecule has 23 heavy (non-hydrogen) atoms. The number of ether oxygens (including phenoxy) is 2. The highest BCUT2D eigenvalue weighted by Crippen LogP contribution is 2.32. The average molecular weight is 327 g/mol. The molecule has 0 radical (unpaired) electrons. The van der Waals surface area contributed by atoms with Crippen LogP contribution >= 0.6 is 0 Å². The molecule has 0 aromatic carbocycles. The Hall–Kier alpha value is -0.990. The van der Waals surface area contributed by atoms with Gasteiger partial charge in [-0.05, 0) is 25.3 Å². The van der Waals surface area contributed by atoms with Crippen molar-refractivity contribution in [3.8, 4) is 0 Å². The van der Waals surface area contributed by atoms with Crippen molar-refractivity contribution in [3.63, 3.8) is 0 Å². The molecule has 7 nitrogen and oxygen atoms in total. The van der Waals surface area contributed by atoms with Crippen LogP contribution in [0.4, 0.5) is 0 Å². The van der Waals surface area contributed by atoms with Crippen molar-refractivity contribution in [2.75, 3.05) is 20.3 Å². The van der Waals surface area contributed by atoms with Gasteiger partial charge in [0.05, 0.1) is 31.0 Å². The standard InChI is InChI=1S/C16H25NO6/c1-22-10-2-3-14-11(8-10)17(4-5-23-14)16(21)9-6-12(18)15(20)13(19)7-9/h6,10-15,18-20H,2-5,7-8H2,1H3/t10?,11?,12-,13-,14?,15-/m1/s1. The van der Waals surface area contributed by atoms with Crippen molar-refractivity contribution in [1.29, 1.82) is 0 Å². The van der Waals surface area contributed by atoms with Crippen LogP contribution in [-0.2, 0) is 14.3 Å². The lowest BCUT2D eigenvalue weighted by molar-refractivity contribution is -0.152. The van der Waals surface area contributed by atoms with Crippen molar-refractivity contribution in [2.45, 2.75) is 62.2 Å². The van der Waals surface area contributed by atoms with E-state index in [1.54, 1.807) is 12.0 Å². The fourth-order valence-corrected chi connectivity index (χ4v) is 3.83. The summed E-state index contributed by atoms with van der Waals surface area (Å²) in [6.45, 7) is 0.980. The molecule has 1 amide bonds. The molecule has 1 saturated carbocycles. The van der Waals surface area contributed by atoms with Crippen LogP contribution in [0.25, 0.3) is 0 Å². The van der Waals surface area contributed by atoms with Gasteiger partial charge in [-0.2, -0.15) is 0 Å². The van der Waals surface area contributed by atoms with Crippen LogP contribution in [0.2, 0.25) is 0 Å². The lowest BCUT2D eigenvalue weighted by Gasteiger charge is -2.46. The van der Waals surface area contributed by atoms with Gasteiger partial charge in [0.1, 0.15) is 12.2 Å². The summed E-state index contributed by atoms with van der Waals surface area (Å²) >= 11 is 0. The lowest BCUT2D eigenvalue weighted by Crippen LogP contribution is -2.57. The molecule has 130 valence electrons.